The van der Waals surface area contributed by atoms with E-state index in [9.17, 15) is 0 Å². The van der Waals surface area contributed by atoms with Crippen molar-refractivity contribution >= 4 is 23.2 Å². The number of aryl methyl sites for hydroxylation is 1. The highest BCUT2D eigenvalue weighted by atomic mass is 35.5. The van der Waals surface area contributed by atoms with Gasteiger partial charge in [0, 0.05) is 5.54 Å². The second kappa shape index (κ2) is 9.47. The number of benzene rings is 2. The Morgan fingerprint density at radius 2 is 1.72 bits per heavy atom. The molecule has 136 valence electrons. The average molecular weight is 380 g/mol. The minimum Gasteiger partial charge on any atom is -0.497 e. The van der Waals surface area contributed by atoms with Crippen molar-refractivity contribution in [2.24, 2.45) is 0 Å². The van der Waals surface area contributed by atoms with Gasteiger partial charge >= 0.3 is 0 Å². The van der Waals surface area contributed by atoms with E-state index in [4.69, 9.17) is 27.9 Å². The summed E-state index contributed by atoms with van der Waals surface area (Å²) < 4.78 is 5.21. The first kappa shape index (κ1) is 20.1. The molecule has 0 heterocycles. The fraction of sp³-hybridized carbons (Fsp3) is 0.429. The summed E-state index contributed by atoms with van der Waals surface area (Å²) >= 11 is 12.3. The van der Waals surface area contributed by atoms with Crippen molar-refractivity contribution in [1.82, 2.24) is 5.32 Å². The highest BCUT2D eigenvalue weighted by Crippen LogP contribution is 2.26. The summed E-state index contributed by atoms with van der Waals surface area (Å²) in [5, 5.41) is 4.99. The zero-order valence-corrected chi connectivity index (χ0v) is 16.8. The van der Waals surface area contributed by atoms with E-state index >= 15 is 0 Å². The van der Waals surface area contributed by atoms with E-state index in [2.05, 4.69) is 37.4 Å². The minimum atomic E-state index is 0.0578. The van der Waals surface area contributed by atoms with Gasteiger partial charge in [0.1, 0.15) is 5.75 Å². The number of halogens is 2. The van der Waals surface area contributed by atoms with Crippen LogP contribution in [0.4, 0.5) is 0 Å². The van der Waals surface area contributed by atoms with Crippen LogP contribution in [0.25, 0.3) is 0 Å². The lowest BCUT2D eigenvalue weighted by atomic mass is 9.94. The summed E-state index contributed by atoms with van der Waals surface area (Å²) in [6.45, 7) is 5.47. The zero-order valence-electron chi connectivity index (χ0n) is 15.2. The molecule has 0 saturated carbocycles. The molecule has 2 rings (SSSR count). The lowest BCUT2D eigenvalue weighted by Gasteiger charge is -2.27. The number of hydrogen-bond acceptors (Lipinski definition) is 2. The monoisotopic (exact) mass is 379 g/mol. The Kier molecular flexibility index (Phi) is 7.61. The molecule has 0 amide bonds. The third-order valence-electron chi connectivity index (χ3n) is 4.31. The van der Waals surface area contributed by atoms with Crippen LogP contribution in [-0.4, -0.2) is 19.2 Å². The summed E-state index contributed by atoms with van der Waals surface area (Å²) in [5.41, 5.74) is 2.50. The molecule has 0 spiro atoms. The molecule has 0 aromatic heterocycles. The van der Waals surface area contributed by atoms with Gasteiger partial charge in [-0.25, -0.2) is 0 Å². The van der Waals surface area contributed by atoms with Crippen molar-refractivity contribution in [3.63, 3.8) is 0 Å². The lowest BCUT2D eigenvalue weighted by molar-refractivity contribution is 0.380. The molecule has 0 saturated heterocycles. The Balaban J connectivity index is 1.73. The van der Waals surface area contributed by atoms with Crippen molar-refractivity contribution in [2.45, 2.75) is 45.1 Å². The van der Waals surface area contributed by atoms with Gasteiger partial charge < -0.3 is 10.1 Å². The van der Waals surface area contributed by atoms with E-state index in [0.717, 1.165) is 43.5 Å². The number of methoxy groups -OCH3 is 1. The highest BCUT2D eigenvalue weighted by molar-refractivity contribution is 6.42. The maximum atomic E-state index is 6.23. The number of unbranched alkanes of at least 4 members (excludes halogenated alkanes) is 1. The predicted octanol–water partition coefficient (Wildman–Crippen LogP) is 5.94. The van der Waals surface area contributed by atoms with Crippen LogP contribution in [0.3, 0.4) is 0 Å². The first-order valence-electron chi connectivity index (χ1n) is 8.72. The fourth-order valence-electron chi connectivity index (χ4n) is 2.92. The summed E-state index contributed by atoms with van der Waals surface area (Å²) in [6.07, 6.45) is 4.14. The molecular formula is C21H27Cl2NO. The Hall–Kier alpha value is -1.22. The smallest absolute Gasteiger partial charge is 0.118 e. The van der Waals surface area contributed by atoms with Crippen LogP contribution in [0.1, 0.15) is 37.8 Å². The fourth-order valence-corrected chi connectivity index (χ4v) is 3.34. The van der Waals surface area contributed by atoms with Crippen LogP contribution in [0.2, 0.25) is 10.0 Å². The molecule has 0 atom stereocenters. The molecule has 0 aliphatic rings. The molecule has 0 radical (unpaired) electrons. The van der Waals surface area contributed by atoms with E-state index in [1.54, 1.807) is 7.11 Å². The maximum absolute atomic E-state index is 6.23. The van der Waals surface area contributed by atoms with Gasteiger partial charge in [0.25, 0.3) is 0 Å². The Bertz CT molecular complexity index is 668. The summed E-state index contributed by atoms with van der Waals surface area (Å²) in [6, 6.07) is 14.1. The van der Waals surface area contributed by atoms with Crippen molar-refractivity contribution in [3.05, 3.63) is 63.6 Å². The van der Waals surface area contributed by atoms with Gasteiger partial charge in [-0.15, -0.1) is 0 Å². The number of ether oxygens (including phenoxy) is 1. The largest absolute Gasteiger partial charge is 0.497 e. The first-order chi connectivity index (χ1) is 11.9. The van der Waals surface area contributed by atoms with Gasteiger partial charge in [0.2, 0.25) is 0 Å². The van der Waals surface area contributed by atoms with Crippen molar-refractivity contribution in [3.8, 4) is 5.75 Å². The molecule has 2 aromatic carbocycles. The average Bonchev–Trinajstić information content (AvgIpc) is 2.58. The molecule has 4 heteroatoms. The van der Waals surface area contributed by atoms with Gasteiger partial charge in [-0.1, -0.05) is 47.5 Å². The van der Waals surface area contributed by atoms with Crippen molar-refractivity contribution < 1.29 is 4.74 Å². The van der Waals surface area contributed by atoms with Gasteiger partial charge in [-0.3, -0.25) is 0 Å². The molecule has 0 bridgehead atoms. The molecule has 1 N–H and O–H groups in total. The molecule has 25 heavy (non-hydrogen) atoms. The quantitative estimate of drug-likeness (QED) is 0.544. The van der Waals surface area contributed by atoms with Crippen LogP contribution in [0.5, 0.6) is 5.75 Å². The highest BCUT2D eigenvalue weighted by Gasteiger charge is 2.17. The first-order valence-corrected chi connectivity index (χ1v) is 9.48. The van der Waals surface area contributed by atoms with Crippen LogP contribution >= 0.6 is 23.2 Å². The summed E-state index contributed by atoms with van der Waals surface area (Å²) in [4.78, 5) is 0. The van der Waals surface area contributed by atoms with Gasteiger partial charge in [-0.05, 0) is 75.4 Å². The van der Waals surface area contributed by atoms with E-state index in [-0.39, 0.29) is 5.54 Å². The molecule has 0 unspecified atom stereocenters. The molecular weight excluding hydrogens is 353 g/mol. The van der Waals surface area contributed by atoms with Crippen LogP contribution in [-0.2, 0) is 12.8 Å². The topological polar surface area (TPSA) is 21.3 Å². The van der Waals surface area contributed by atoms with Crippen LogP contribution in [0.15, 0.2) is 42.5 Å². The number of hydrogen-bond donors (Lipinski definition) is 1. The van der Waals surface area contributed by atoms with E-state index in [1.165, 1.54) is 5.56 Å². The third-order valence-corrected chi connectivity index (χ3v) is 5.17. The summed E-state index contributed by atoms with van der Waals surface area (Å²) in [7, 11) is 1.69. The molecule has 0 aliphatic heterocycles. The normalized spacial score (nSPS) is 11.6. The number of rotatable bonds is 9. The zero-order chi connectivity index (χ0) is 18.3. The van der Waals surface area contributed by atoms with E-state index in [0.29, 0.717) is 10.0 Å². The SMILES string of the molecule is COc1ccc(CC(C)(C)NCCCCc2cccc(Cl)c2Cl)cc1. The second-order valence-electron chi connectivity index (χ2n) is 7.01. The van der Waals surface area contributed by atoms with Crippen molar-refractivity contribution in [1.29, 1.82) is 0 Å². The Morgan fingerprint density at radius 3 is 2.40 bits per heavy atom. The molecule has 0 aliphatic carbocycles. The second-order valence-corrected chi connectivity index (χ2v) is 7.79. The van der Waals surface area contributed by atoms with Gasteiger partial charge in [-0.2, -0.15) is 0 Å². The molecule has 2 nitrogen and oxygen atoms in total. The third kappa shape index (κ3) is 6.54. The lowest BCUT2D eigenvalue weighted by Crippen LogP contribution is -2.41. The van der Waals surface area contributed by atoms with E-state index < -0.39 is 0 Å². The number of nitrogens with one attached hydrogen (secondary N) is 1. The predicted molar refractivity (Wildman–Crippen MR) is 108 cm³/mol. The maximum Gasteiger partial charge on any atom is 0.118 e. The summed E-state index contributed by atoms with van der Waals surface area (Å²) in [5.74, 6) is 0.897. The molecule has 0 fully saturated rings. The van der Waals surface area contributed by atoms with E-state index in [1.807, 2.05) is 24.3 Å². The standard InChI is InChI=1S/C21H27Cl2NO/c1-21(2,15-16-10-12-18(25-3)13-11-16)24-14-5-4-7-17-8-6-9-19(22)20(17)23/h6,8-13,24H,4-5,7,14-15H2,1-3H3. The molecule has 2 aromatic rings. The minimum absolute atomic E-state index is 0.0578. The van der Waals surface area contributed by atoms with Crippen LogP contribution < -0.4 is 10.1 Å². The van der Waals surface area contributed by atoms with Crippen molar-refractivity contribution in [2.75, 3.05) is 13.7 Å². The Morgan fingerprint density at radius 1 is 1.00 bits per heavy atom. The Labute approximate surface area is 161 Å². The van der Waals surface area contributed by atoms with Gasteiger partial charge in [0.15, 0.2) is 0 Å². The van der Waals surface area contributed by atoms with Gasteiger partial charge in [0.05, 0.1) is 17.2 Å². The van der Waals surface area contributed by atoms with Crippen LogP contribution in [0, 0.1) is 0 Å².